The summed E-state index contributed by atoms with van der Waals surface area (Å²) < 4.78 is 17.6. The van der Waals surface area contributed by atoms with Gasteiger partial charge in [0.25, 0.3) is 0 Å². The maximum atomic E-state index is 13.9. The number of carbonyl (C=O) groups is 2. The molecule has 1 aliphatic rings. The molecule has 1 aromatic heterocycles. The minimum absolute atomic E-state index is 0.0610. The second-order valence-corrected chi connectivity index (χ2v) is 12.6. The van der Waals surface area contributed by atoms with Crippen LogP contribution in [-0.4, -0.2) is 52.5 Å². The fourth-order valence-corrected chi connectivity index (χ4v) is 5.43. The molecule has 0 bridgehead atoms. The second kappa shape index (κ2) is 12.9. The summed E-state index contributed by atoms with van der Waals surface area (Å²) in [6, 6.07) is 18.1. The predicted octanol–water partition coefficient (Wildman–Crippen LogP) is 6.09. The van der Waals surface area contributed by atoms with E-state index in [1.54, 1.807) is 94.6 Å². The lowest BCUT2D eigenvalue weighted by atomic mass is 9.86. The highest BCUT2D eigenvalue weighted by Gasteiger charge is 2.41. The van der Waals surface area contributed by atoms with Crippen molar-refractivity contribution in [1.29, 1.82) is 0 Å². The number of rotatable bonds is 10. The second-order valence-electron chi connectivity index (χ2n) is 11.5. The molecule has 0 spiro atoms. The van der Waals surface area contributed by atoms with Crippen LogP contribution < -0.4 is 19.2 Å². The summed E-state index contributed by atoms with van der Waals surface area (Å²) in [5, 5.41) is 19.6. The monoisotopic (exact) mass is 643 g/mol. The van der Waals surface area contributed by atoms with E-state index < -0.39 is 17.2 Å². The molecular weight excluding hydrogens is 610 g/mol. The number of nitrogens with zero attached hydrogens (tertiary/aromatic N) is 2. The highest BCUT2D eigenvalue weighted by Crippen LogP contribution is 2.41. The Kier molecular flexibility index (Phi) is 9.01. The molecule has 0 saturated carbocycles. The molecule has 0 fully saturated rings. The first-order valence-corrected chi connectivity index (χ1v) is 15.1. The first kappa shape index (κ1) is 32.0. The number of carbonyl (C=O) groups excluding carboxylic acids is 2. The minimum atomic E-state index is -1.47. The average Bonchev–Trinajstić information content (AvgIpc) is 3.63. The first-order valence-electron chi connectivity index (χ1n) is 14.3. The summed E-state index contributed by atoms with van der Waals surface area (Å²) in [6.07, 6.45) is 4.65. The number of benzene rings is 3. The quantitative estimate of drug-likeness (QED) is 0.188. The Morgan fingerprint density at radius 3 is 2.30 bits per heavy atom. The van der Waals surface area contributed by atoms with E-state index in [-0.39, 0.29) is 34.6 Å². The van der Waals surface area contributed by atoms with Gasteiger partial charge >= 0.3 is 11.0 Å². The van der Waals surface area contributed by atoms with Crippen molar-refractivity contribution >= 4 is 35.1 Å². The third-order valence-corrected chi connectivity index (χ3v) is 7.85. The van der Waals surface area contributed by atoms with Gasteiger partial charge < -0.3 is 24.4 Å². The number of thiazole rings is 1. The number of aromatic hydroxyl groups is 2. The molecule has 12 heteroatoms. The molecule has 11 nitrogen and oxygen atoms in total. The Labute approximate surface area is 269 Å². The molecule has 1 aliphatic heterocycles. The van der Waals surface area contributed by atoms with Gasteiger partial charge in [0.1, 0.15) is 35.2 Å². The SMILES string of the molecule is CN(C(=O)OC(C)(C)C)c1ccc(C2(C(=O)COc3ccc(Cc4sc(=O)[nH]c4O)cc3)C=CC=N2)c(Oc2ccc(O)cc2)c1. The number of phenols is 1. The van der Waals surface area contributed by atoms with Gasteiger partial charge in [0.05, 0.1) is 10.6 Å². The molecule has 46 heavy (non-hydrogen) atoms. The van der Waals surface area contributed by atoms with Gasteiger partial charge in [0.2, 0.25) is 11.7 Å². The van der Waals surface area contributed by atoms with Gasteiger partial charge in [-0.15, -0.1) is 0 Å². The normalized spacial score (nSPS) is 15.5. The molecule has 3 aromatic carbocycles. The molecule has 1 atom stereocenters. The number of aliphatic imine (C=N–C) groups is 1. The molecule has 5 rings (SSSR count). The van der Waals surface area contributed by atoms with E-state index in [1.165, 1.54) is 23.2 Å². The summed E-state index contributed by atoms with van der Waals surface area (Å²) >= 11 is 0.943. The molecule has 3 N–H and O–H groups in total. The average molecular weight is 644 g/mol. The van der Waals surface area contributed by atoms with Crippen molar-refractivity contribution in [3.8, 4) is 28.9 Å². The van der Waals surface area contributed by atoms with Crippen molar-refractivity contribution in [2.45, 2.75) is 38.3 Å². The van der Waals surface area contributed by atoms with E-state index in [9.17, 15) is 24.6 Å². The standard InChI is InChI=1S/C34H33N3O8S/c1-33(2,3)45-32(42)37(4)22-8-15-26(27(19-22)44-25-13-9-23(38)10-14-25)34(16-5-17-35-34)29(39)20-43-24-11-6-21(7-12-24)18-28-30(40)36-31(41)46-28/h5-17,19,38,40H,18,20H2,1-4H3,(H,36,41). The Bertz CT molecular complexity index is 1840. The van der Waals surface area contributed by atoms with Crippen molar-refractivity contribution in [3.05, 3.63) is 105 Å². The zero-order valence-electron chi connectivity index (χ0n) is 25.6. The number of H-pyrrole nitrogens is 1. The lowest BCUT2D eigenvalue weighted by Crippen LogP contribution is -2.36. The fourth-order valence-electron chi connectivity index (χ4n) is 4.68. The van der Waals surface area contributed by atoms with E-state index >= 15 is 0 Å². The van der Waals surface area contributed by atoms with Gasteiger partial charge in [-0.2, -0.15) is 0 Å². The van der Waals surface area contributed by atoms with E-state index in [0.717, 1.165) is 16.9 Å². The number of ether oxygens (including phenoxy) is 3. The summed E-state index contributed by atoms with van der Waals surface area (Å²) in [5.41, 5.74) is -0.461. The molecule has 4 aromatic rings. The van der Waals surface area contributed by atoms with Crippen LogP contribution in [0.15, 0.2) is 88.7 Å². The van der Waals surface area contributed by atoms with E-state index in [4.69, 9.17) is 14.2 Å². The summed E-state index contributed by atoms with van der Waals surface area (Å²) in [5.74, 6) is 0.643. The van der Waals surface area contributed by atoms with Gasteiger partial charge in [0, 0.05) is 31.3 Å². The maximum Gasteiger partial charge on any atom is 0.414 e. The molecule has 0 radical (unpaired) electrons. The summed E-state index contributed by atoms with van der Waals surface area (Å²) in [4.78, 5) is 46.7. The molecular formula is C34H33N3O8S. The number of allylic oxidation sites excluding steroid dienone is 1. The van der Waals surface area contributed by atoms with Crippen LogP contribution in [0.3, 0.4) is 0 Å². The number of phenolic OH excluding ortho intramolecular Hbond substituents is 1. The van der Waals surface area contributed by atoms with Crippen LogP contribution in [-0.2, 0) is 21.5 Å². The zero-order valence-corrected chi connectivity index (χ0v) is 26.5. The number of ketones is 1. The van der Waals surface area contributed by atoms with E-state index in [0.29, 0.717) is 34.0 Å². The van der Waals surface area contributed by atoms with Gasteiger partial charge in [-0.3, -0.25) is 24.5 Å². The molecule has 1 unspecified atom stereocenters. The van der Waals surface area contributed by atoms with Crippen LogP contribution in [0, 0.1) is 0 Å². The number of amides is 1. The van der Waals surface area contributed by atoms with Crippen molar-refractivity contribution in [2.24, 2.45) is 4.99 Å². The number of anilines is 1. The lowest BCUT2D eigenvalue weighted by molar-refractivity contribution is -0.124. The fraction of sp³-hybridized carbons (Fsp3) is 0.235. The smallest absolute Gasteiger partial charge is 0.414 e. The third kappa shape index (κ3) is 7.29. The Hall–Kier alpha value is -5.36. The number of Topliss-reactive ketones (excluding diaryl/α,β-unsaturated/α-hetero) is 1. The van der Waals surface area contributed by atoms with Crippen LogP contribution in [0.5, 0.6) is 28.9 Å². The summed E-state index contributed by atoms with van der Waals surface area (Å²) in [6.45, 7) is 5.01. The van der Waals surface area contributed by atoms with Crippen LogP contribution in [0.25, 0.3) is 0 Å². The Morgan fingerprint density at radius 2 is 1.70 bits per heavy atom. The van der Waals surface area contributed by atoms with Crippen LogP contribution in [0.1, 0.15) is 36.8 Å². The summed E-state index contributed by atoms with van der Waals surface area (Å²) in [7, 11) is 1.57. The molecule has 2 heterocycles. The Balaban J connectivity index is 1.40. The number of hydrogen-bond acceptors (Lipinski definition) is 10. The number of nitrogens with one attached hydrogen (secondary N) is 1. The maximum absolute atomic E-state index is 13.9. The lowest BCUT2D eigenvalue weighted by Gasteiger charge is -2.28. The number of aromatic nitrogens is 1. The Morgan fingerprint density at radius 1 is 1.00 bits per heavy atom. The van der Waals surface area contributed by atoms with Crippen molar-refractivity contribution < 1.29 is 34.0 Å². The molecule has 238 valence electrons. The van der Waals surface area contributed by atoms with Gasteiger partial charge in [-0.25, -0.2) is 4.79 Å². The molecule has 1 amide bonds. The van der Waals surface area contributed by atoms with Crippen molar-refractivity contribution in [2.75, 3.05) is 18.6 Å². The van der Waals surface area contributed by atoms with Crippen LogP contribution >= 0.6 is 11.3 Å². The zero-order chi connectivity index (χ0) is 33.1. The molecule has 0 aliphatic carbocycles. The van der Waals surface area contributed by atoms with Crippen molar-refractivity contribution in [1.82, 2.24) is 4.98 Å². The molecule has 0 saturated heterocycles. The van der Waals surface area contributed by atoms with E-state index in [2.05, 4.69) is 9.98 Å². The minimum Gasteiger partial charge on any atom is -0.508 e. The first-order chi connectivity index (χ1) is 21.8. The van der Waals surface area contributed by atoms with Crippen LogP contribution in [0.2, 0.25) is 0 Å². The topological polar surface area (TPSA) is 151 Å². The third-order valence-electron chi connectivity index (χ3n) is 6.98. The predicted molar refractivity (Wildman–Crippen MR) is 175 cm³/mol. The van der Waals surface area contributed by atoms with Crippen molar-refractivity contribution in [3.63, 3.8) is 0 Å². The highest BCUT2D eigenvalue weighted by molar-refractivity contribution is 7.09. The van der Waals surface area contributed by atoms with Gasteiger partial charge in [0.15, 0.2) is 5.54 Å². The highest BCUT2D eigenvalue weighted by atomic mass is 32.1. The largest absolute Gasteiger partial charge is 0.508 e. The van der Waals surface area contributed by atoms with Crippen LogP contribution in [0.4, 0.5) is 10.5 Å². The van der Waals surface area contributed by atoms with Gasteiger partial charge in [-0.05, 0) is 87.0 Å². The number of hydrogen-bond donors (Lipinski definition) is 3. The van der Waals surface area contributed by atoms with Gasteiger partial charge in [-0.1, -0.05) is 23.5 Å². The number of aromatic amines is 1. The van der Waals surface area contributed by atoms with E-state index in [1.807, 2.05) is 0 Å².